The van der Waals surface area contributed by atoms with Crippen molar-refractivity contribution in [2.45, 2.75) is 32.7 Å². The minimum atomic E-state index is -0.255. The zero-order valence-electron chi connectivity index (χ0n) is 10.7. The molecule has 0 aliphatic rings. The Morgan fingerprint density at radius 3 is 2.61 bits per heavy atom. The SMILES string of the molecule is CCC(CC)C(NN)c1cc2cc(F)ccc2o1. The highest BCUT2D eigenvalue weighted by Crippen LogP contribution is 2.31. The molecule has 0 aliphatic heterocycles. The molecule has 2 rings (SSSR count). The summed E-state index contributed by atoms with van der Waals surface area (Å²) in [6.07, 6.45) is 2.02. The summed E-state index contributed by atoms with van der Waals surface area (Å²) < 4.78 is 18.9. The van der Waals surface area contributed by atoms with E-state index in [2.05, 4.69) is 19.3 Å². The number of furan rings is 1. The van der Waals surface area contributed by atoms with Crippen LogP contribution in [0.3, 0.4) is 0 Å². The first-order valence-electron chi connectivity index (χ1n) is 6.34. The van der Waals surface area contributed by atoms with E-state index in [4.69, 9.17) is 10.3 Å². The number of nitrogens with one attached hydrogen (secondary N) is 1. The van der Waals surface area contributed by atoms with Gasteiger partial charge in [-0.15, -0.1) is 0 Å². The highest BCUT2D eigenvalue weighted by molar-refractivity contribution is 5.78. The predicted molar refractivity (Wildman–Crippen MR) is 70.3 cm³/mol. The summed E-state index contributed by atoms with van der Waals surface area (Å²) in [4.78, 5) is 0. The summed E-state index contributed by atoms with van der Waals surface area (Å²) >= 11 is 0. The van der Waals surface area contributed by atoms with Crippen LogP contribution in [0.5, 0.6) is 0 Å². The zero-order valence-corrected chi connectivity index (χ0v) is 10.7. The van der Waals surface area contributed by atoms with E-state index >= 15 is 0 Å². The van der Waals surface area contributed by atoms with Gasteiger partial charge >= 0.3 is 0 Å². The molecule has 0 saturated heterocycles. The minimum absolute atomic E-state index is 0.0320. The molecule has 1 unspecified atom stereocenters. The summed E-state index contributed by atoms with van der Waals surface area (Å²) in [5.74, 6) is 6.54. The van der Waals surface area contributed by atoms with Gasteiger partial charge in [0, 0.05) is 5.39 Å². The molecule has 1 aromatic heterocycles. The van der Waals surface area contributed by atoms with Crippen molar-refractivity contribution in [3.63, 3.8) is 0 Å². The van der Waals surface area contributed by atoms with Crippen molar-refractivity contribution in [3.8, 4) is 0 Å². The van der Waals surface area contributed by atoms with Gasteiger partial charge in [0.1, 0.15) is 17.2 Å². The first-order chi connectivity index (χ1) is 8.69. The normalized spacial score (nSPS) is 13.4. The van der Waals surface area contributed by atoms with E-state index < -0.39 is 0 Å². The number of fused-ring (bicyclic) bond motifs is 1. The summed E-state index contributed by atoms with van der Waals surface area (Å²) in [7, 11) is 0. The van der Waals surface area contributed by atoms with Gasteiger partial charge < -0.3 is 4.42 Å². The maximum absolute atomic E-state index is 13.1. The van der Waals surface area contributed by atoms with Gasteiger partial charge in [-0.2, -0.15) is 0 Å². The van der Waals surface area contributed by atoms with Crippen molar-refractivity contribution >= 4 is 11.0 Å². The summed E-state index contributed by atoms with van der Waals surface area (Å²) in [6.45, 7) is 4.25. The van der Waals surface area contributed by atoms with Crippen LogP contribution >= 0.6 is 0 Å². The van der Waals surface area contributed by atoms with Crippen LogP contribution in [0, 0.1) is 11.7 Å². The molecule has 1 aromatic carbocycles. The second kappa shape index (κ2) is 5.50. The fourth-order valence-electron chi connectivity index (χ4n) is 2.40. The van der Waals surface area contributed by atoms with Crippen molar-refractivity contribution in [1.29, 1.82) is 0 Å². The number of hydrazine groups is 1. The molecule has 0 amide bonds. The van der Waals surface area contributed by atoms with Crippen LogP contribution in [0.4, 0.5) is 4.39 Å². The van der Waals surface area contributed by atoms with Crippen LogP contribution < -0.4 is 11.3 Å². The maximum atomic E-state index is 13.1. The number of rotatable bonds is 5. The second-order valence-electron chi connectivity index (χ2n) is 4.55. The molecule has 0 spiro atoms. The lowest BCUT2D eigenvalue weighted by molar-refractivity contribution is 0.303. The summed E-state index contributed by atoms with van der Waals surface area (Å²) in [5.41, 5.74) is 3.50. The van der Waals surface area contributed by atoms with Gasteiger partial charge in [-0.25, -0.2) is 9.82 Å². The van der Waals surface area contributed by atoms with Crippen LogP contribution in [0.25, 0.3) is 11.0 Å². The third-order valence-corrected chi connectivity index (χ3v) is 3.50. The maximum Gasteiger partial charge on any atom is 0.134 e. The largest absolute Gasteiger partial charge is 0.459 e. The average Bonchev–Trinajstić information content (AvgIpc) is 2.78. The molecule has 0 fully saturated rings. The minimum Gasteiger partial charge on any atom is -0.459 e. The van der Waals surface area contributed by atoms with Crippen molar-refractivity contribution in [3.05, 3.63) is 35.8 Å². The van der Waals surface area contributed by atoms with E-state index in [1.165, 1.54) is 12.1 Å². The van der Waals surface area contributed by atoms with E-state index in [9.17, 15) is 4.39 Å². The van der Waals surface area contributed by atoms with Gasteiger partial charge in [-0.1, -0.05) is 26.7 Å². The molecule has 1 atom stereocenters. The van der Waals surface area contributed by atoms with E-state index in [1.54, 1.807) is 6.07 Å². The highest BCUT2D eigenvalue weighted by Gasteiger charge is 2.22. The Balaban J connectivity index is 2.39. The van der Waals surface area contributed by atoms with Crippen LogP contribution in [0.2, 0.25) is 0 Å². The van der Waals surface area contributed by atoms with Crippen molar-refractivity contribution in [2.24, 2.45) is 11.8 Å². The van der Waals surface area contributed by atoms with Crippen LogP contribution in [-0.2, 0) is 0 Å². The van der Waals surface area contributed by atoms with E-state index in [0.717, 1.165) is 24.0 Å². The van der Waals surface area contributed by atoms with E-state index in [-0.39, 0.29) is 11.9 Å². The van der Waals surface area contributed by atoms with Crippen molar-refractivity contribution < 1.29 is 8.81 Å². The van der Waals surface area contributed by atoms with E-state index in [1.807, 2.05) is 6.07 Å². The zero-order chi connectivity index (χ0) is 13.1. The third-order valence-electron chi connectivity index (χ3n) is 3.50. The van der Waals surface area contributed by atoms with Crippen molar-refractivity contribution in [1.82, 2.24) is 5.43 Å². The number of hydrogen-bond acceptors (Lipinski definition) is 3. The summed E-state index contributed by atoms with van der Waals surface area (Å²) in [6, 6.07) is 6.35. The quantitative estimate of drug-likeness (QED) is 0.630. The van der Waals surface area contributed by atoms with E-state index in [0.29, 0.717) is 11.5 Å². The van der Waals surface area contributed by atoms with Gasteiger partial charge in [-0.05, 0) is 30.2 Å². The molecule has 1 heterocycles. The lowest BCUT2D eigenvalue weighted by atomic mass is 9.93. The Hall–Kier alpha value is -1.39. The van der Waals surface area contributed by atoms with Gasteiger partial charge in [0.05, 0.1) is 6.04 Å². The molecule has 18 heavy (non-hydrogen) atoms. The Labute approximate surface area is 106 Å². The Kier molecular flexibility index (Phi) is 3.99. The molecule has 98 valence electrons. The molecule has 2 aromatic rings. The molecular formula is C14H19FN2O. The number of hydrogen-bond donors (Lipinski definition) is 2. The molecule has 3 N–H and O–H groups in total. The van der Waals surface area contributed by atoms with Gasteiger partial charge in [0.2, 0.25) is 0 Å². The smallest absolute Gasteiger partial charge is 0.134 e. The molecule has 3 nitrogen and oxygen atoms in total. The molecule has 0 radical (unpaired) electrons. The predicted octanol–water partition coefficient (Wildman–Crippen LogP) is 3.51. The number of benzene rings is 1. The van der Waals surface area contributed by atoms with Gasteiger partial charge in [-0.3, -0.25) is 5.84 Å². The van der Waals surface area contributed by atoms with Crippen molar-refractivity contribution in [2.75, 3.05) is 0 Å². The van der Waals surface area contributed by atoms with Crippen LogP contribution in [0.15, 0.2) is 28.7 Å². The lowest BCUT2D eigenvalue weighted by Gasteiger charge is -2.22. The standard InChI is InChI=1S/C14H19FN2O/c1-3-9(4-2)14(17-16)13-8-10-7-11(15)5-6-12(10)18-13/h5-9,14,17H,3-4,16H2,1-2H3. The highest BCUT2D eigenvalue weighted by atomic mass is 19.1. The number of nitrogens with two attached hydrogens (primary N) is 1. The molecule has 0 saturated carbocycles. The molecule has 4 heteroatoms. The molecular weight excluding hydrogens is 231 g/mol. The Morgan fingerprint density at radius 2 is 2.00 bits per heavy atom. The lowest BCUT2D eigenvalue weighted by Crippen LogP contribution is -2.32. The second-order valence-corrected chi connectivity index (χ2v) is 4.55. The molecule has 0 aliphatic carbocycles. The average molecular weight is 250 g/mol. The monoisotopic (exact) mass is 250 g/mol. The first-order valence-corrected chi connectivity index (χ1v) is 6.34. The fourth-order valence-corrected chi connectivity index (χ4v) is 2.40. The van der Waals surface area contributed by atoms with Gasteiger partial charge in [0.15, 0.2) is 0 Å². The number of halogens is 1. The topological polar surface area (TPSA) is 51.2 Å². The molecule has 0 bridgehead atoms. The fraction of sp³-hybridized carbons (Fsp3) is 0.429. The summed E-state index contributed by atoms with van der Waals surface area (Å²) in [5, 5.41) is 0.774. The van der Waals surface area contributed by atoms with Gasteiger partial charge in [0.25, 0.3) is 0 Å². The Bertz CT molecular complexity index is 519. The first kappa shape index (κ1) is 13.1. The third kappa shape index (κ3) is 2.40. The Morgan fingerprint density at radius 1 is 1.28 bits per heavy atom. The van der Waals surface area contributed by atoms with Crippen LogP contribution in [-0.4, -0.2) is 0 Å². The van der Waals surface area contributed by atoms with Crippen LogP contribution in [0.1, 0.15) is 38.5 Å².